The first kappa shape index (κ1) is 18.8. The molecule has 134 valence electrons. The van der Waals surface area contributed by atoms with Gasteiger partial charge in [0.15, 0.2) is 9.84 Å². The Morgan fingerprint density at radius 1 is 1.08 bits per heavy atom. The van der Waals surface area contributed by atoms with Gasteiger partial charge < -0.3 is 0 Å². The van der Waals surface area contributed by atoms with Gasteiger partial charge in [-0.2, -0.15) is 0 Å². The van der Waals surface area contributed by atoms with Crippen LogP contribution in [0.4, 0.5) is 5.69 Å². The molecule has 10 heteroatoms. The second-order valence-electron chi connectivity index (χ2n) is 5.38. The number of hydrogen-bond donors (Lipinski definition) is 0. The fourth-order valence-electron chi connectivity index (χ4n) is 2.37. The van der Waals surface area contributed by atoms with Gasteiger partial charge in [0, 0.05) is 15.8 Å². The van der Waals surface area contributed by atoms with Gasteiger partial charge >= 0.3 is 0 Å². The summed E-state index contributed by atoms with van der Waals surface area (Å²) in [5.74, 6) is -0.550. The minimum Gasteiger partial charge on any atom is -0.276 e. The zero-order valence-corrected chi connectivity index (χ0v) is 16.0. The van der Waals surface area contributed by atoms with Crippen molar-refractivity contribution in [1.29, 1.82) is 0 Å². The van der Waals surface area contributed by atoms with Crippen LogP contribution in [0.3, 0.4) is 0 Å². The van der Waals surface area contributed by atoms with Gasteiger partial charge in [0.25, 0.3) is 10.4 Å². The van der Waals surface area contributed by atoms with Crippen LogP contribution in [0, 0.1) is 10.1 Å². The van der Waals surface area contributed by atoms with Gasteiger partial charge in [-0.05, 0) is 35.2 Å². The molecule has 0 atom stereocenters. The summed E-state index contributed by atoms with van der Waals surface area (Å²) in [6.45, 7) is 0. The molecule has 0 aliphatic carbocycles. The highest BCUT2D eigenvalue weighted by atomic mass is 35.5. The van der Waals surface area contributed by atoms with Crippen LogP contribution in [0.15, 0.2) is 52.2 Å². The predicted molar refractivity (Wildman–Crippen MR) is 102 cm³/mol. The van der Waals surface area contributed by atoms with Gasteiger partial charge in [-0.3, -0.25) is 14.9 Å². The Kier molecular flexibility index (Phi) is 5.03. The van der Waals surface area contributed by atoms with E-state index in [9.17, 15) is 23.3 Å². The van der Waals surface area contributed by atoms with E-state index in [4.69, 9.17) is 23.2 Å². The number of halogens is 2. The summed E-state index contributed by atoms with van der Waals surface area (Å²) >= 11 is 12.4. The van der Waals surface area contributed by atoms with E-state index in [2.05, 4.69) is 0 Å². The second-order valence-corrected chi connectivity index (χ2v) is 9.20. The number of benzene rings is 2. The van der Waals surface area contributed by atoms with E-state index in [1.807, 2.05) is 0 Å². The number of rotatable bonds is 4. The summed E-state index contributed by atoms with van der Waals surface area (Å²) in [6, 6.07) is 9.83. The van der Waals surface area contributed by atoms with Crippen molar-refractivity contribution in [2.24, 2.45) is 0 Å². The van der Waals surface area contributed by atoms with Gasteiger partial charge in [-0.25, -0.2) is 8.42 Å². The topological polar surface area (TPSA) is 94.3 Å². The molecule has 1 aromatic heterocycles. The molecule has 3 aromatic rings. The van der Waals surface area contributed by atoms with E-state index >= 15 is 0 Å². The lowest BCUT2D eigenvalue weighted by atomic mass is 10.2. The highest BCUT2D eigenvalue weighted by molar-refractivity contribution is 7.90. The molecule has 0 bridgehead atoms. The van der Waals surface area contributed by atoms with Crippen LogP contribution < -0.4 is 4.74 Å². The molecule has 2 aromatic carbocycles. The molecule has 0 N–H and O–H groups in total. The van der Waals surface area contributed by atoms with Crippen LogP contribution in [0.2, 0.25) is 10.0 Å². The van der Waals surface area contributed by atoms with Gasteiger partial charge in [0.2, 0.25) is 0 Å². The third kappa shape index (κ3) is 3.73. The van der Waals surface area contributed by atoms with Crippen LogP contribution in [-0.2, 0) is 15.6 Å². The lowest BCUT2D eigenvalue weighted by molar-refractivity contribution is -0.384. The summed E-state index contributed by atoms with van der Waals surface area (Å²) in [7, 11) is -4.00. The number of sulfone groups is 1. The van der Waals surface area contributed by atoms with Crippen LogP contribution in [0.5, 0.6) is 0 Å². The summed E-state index contributed by atoms with van der Waals surface area (Å²) < 4.78 is 25.3. The zero-order chi connectivity index (χ0) is 19.1. The van der Waals surface area contributed by atoms with Crippen molar-refractivity contribution in [3.63, 3.8) is 0 Å². The van der Waals surface area contributed by atoms with E-state index in [1.54, 1.807) is 18.2 Å². The fraction of sp³-hybridized carbons (Fsp3) is 0.0625. The Balaban J connectivity index is 2.06. The largest absolute Gasteiger partial charge is 0.288 e. The number of hydrogen-bond acceptors (Lipinski definition) is 6. The molecule has 0 aliphatic rings. The van der Waals surface area contributed by atoms with E-state index < -0.39 is 30.9 Å². The molecule has 0 amide bonds. The van der Waals surface area contributed by atoms with Gasteiger partial charge in [-0.1, -0.05) is 46.7 Å². The highest BCUT2D eigenvalue weighted by Crippen LogP contribution is 2.28. The van der Waals surface area contributed by atoms with E-state index in [1.165, 1.54) is 18.2 Å². The molecule has 6 nitrogen and oxygen atoms in total. The molecule has 0 aliphatic heterocycles. The highest BCUT2D eigenvalue weighted by Gasteiger charge is 2.22. The lowest BCUT2D eigenvalue weighted by Crippen LogP contribution is -2.14. The molecule has 1 heterocycles. The number of nitrogens with zero attached hydrogens (tertiary/aromatic N) is 1. The normalized spacial score (nSPS) is 11.6. The molecule has 0 radical (unpaired) electrons. The Bertz CT molecular complexity index is 1200. The molecular formula is C16H9Cl2NO5S2. The van der Waals surface area contributed by atoms with E-state index in [-0.39, 0.29) is 15.5 Å². The monoisotopic (exact) mass is 429 g/mol. The van der Waals surface area contributed by atoms with Crippen molar-refractivity contribution in [3.8, 4) is 0 Å². The van der Waals surface area contributed by atoms with Crippen LogP contribution >= 0.6 is 34.5 Å². The quantitative estimate of drug-likeness (QED) is 0.450. The number of fused-ring (bicyclic) bond motifs is 1. The van der Waals surface area contributed by atoms with Crippen molar-refractivity contribution in [3.05, 3.63) is 77.7 Å². The predicted octanol–water partition coefficient (Wildman–Crippen LogP) is 4.45. The molecule has 0 spiro atoms. The zero-order valence-electron chi connectivity index (χ0n) is 12.8. The van der Waals surface area contributed by atoms with E-state index in [0.717, 1.165) is 17.4 Å². The first-order valence-corrected chi connectivity index (χ1v) is 10.3. The summed E-state index contributed by atoms with van der Waals surface area (Å²) in [5.41, 5.74) is -0.223. The molecule has 0 saturated carbocycles. The fourth-order valence-corrected chi connectivity index (χ4v) is 5.42. The first-order valence-electron chi connectivity index (χ1n) is 7.06. The minimum absolute atomic E-state index is 0.0922. The van der Waals surface area contributed by atoms with Crippen LogP contribution in [0.25, 0.3) is 10.1 Å². The van der Waals surface area contributed by atoms with Crippen molar-refractivity contribution in [2.75, 3.05) is 0 Å². The van der Waals surface area contributed by atoms with Crippen molar-refractivity contribution >= 4 is 60.1 Å². The minimum atomic E-state index is -4.00. The number of nitro benzene ring substituents is 1. The average molecular weight is 430 g/mol. The third-order valence-corrected chi connectivity index (χ3v) is 6.91. The Hall–Kier alpha value is -2.00. The summed E-state index contributed by atoms with van der Waals surface area (Å²) in [6.07, 6.45) is 0. The summed E-state index contributed by atoms with van der Waals surface area (Å²) in [5, 5.41) is 11.9. The molecule has 26 heavy (non-hydrogen) atoms. The second kappa shape index (κ2) is 6.96. The number of nitro groups is 1. The standard InChI is InChI=1S/C16H9Cl2NO5S2/c17-11-3-2-10-6-15(16(20)25-14(10)7-11)26(23,24)8-9-1-4-12(18)13(5-9)19(21)22/h1-7H,8H2. The molecular weight excluding hydrogens is 421 g/mol. The molecule has 0 fully saturated rings. The summed E-state index contributed by atoms with van der Waals surface area (Å²) in [4.78, 5) is 22.2. The van der Waals surface area contributed by atoms with Crippen molar-refractivity contribution in [2.45, 2.75) is 10.6 Å². The average Bonchev–Trinajstić information content (AvgIpc) is 2.55. The first-order chi connectivity index (χ1) is 12.2. The Morgan fingerprint density at radius 2 is 1.81 bits per heavy atom. The Labute approximate surface area is 161 Å². The smallest absolute Gasteiger partial charge is 0.276 e. The maximum atomic E-state index is 12.7. The van der Waals surface area contributed by atoms with Gasteiger partial charge in [-0.15, -0.1) is 0 Å². The maximum absolute atomic E-state index is 12.7. The lowest BCUT2D eigenvalue weighted by Gasteiger charge is -2.06. The van der Waals surface area contributed by atoms with E-state index in [0.29, 0.717) is 15.1 Å². The third-order valence-electron chi connectivity index (χ3n) is 3.57. The molecule has 0 unspecified atom stereocenters. The van der Waals surface area contributed by atoms with Gasteiger partial charge in [0.1, 0.15) is 9.92 Å². The molecule has 0 saturated heterocycles. The van der Waals surface area contributed by atoms with Crippen LogP contribution in [-0.4, -0.2) is 13.3 Å². The maximum Gasteiger partial charge on any atom is 0.288 e. The van der Waals surface area contributed by atoms with Gasteiger partial charge in [0.05, 0.1) is 10.7 Å². The molecule has 3 rings (SSSR count). The van der Waals surface area contributed by atoms with Crippen LogP contribution in [0.1, 0.15) is 5.56 Å². The van der Waals surface area contributed by atoms with Crippen molar-refractivity contribution in [1.82, 2.24) is 0 Å². The Morgan fingerprint density at radius 3 is 2.50 bits per heavy atom. The SMILES string of the molecule is O=c1sc2cc(Cl)ccc2cc1S(=O)(=O)Cc1ccc(Cl)c([N+](=O)[O-])c1. The van der Waals surface area contributed by atoms with Crippen molar-refractivity contribution < 1.29 is 13.3 Å².